The molecule has 2 rings (SSSR count). The average Bonchev–Trinajstić information content (AvgIpc) is 2.31. The van der Waals surface area contributed by atoms with Crippen LogP contribution >= 0.6 is 15.9 Å². The summed E-state index contributed by atoms with van der Waals surface area (Å²) in [5.74, 6) is -0.0205. The predicted octanol–water partition coefficient (Wildman–Crippen LogP) is 3.57. The van der Waals surface area contributed by atoms with E-state index in [-0.39, 0.29) is 5.78 Å². The maximum Gasteiger partial charge on any atom is 0.194 e. The molecule has 0 saturated carbocycles. The molecule has 0 aromatic heterocycles. The first-order chi connectivity index (χ1) is 8.08. The Morgan fingerprint density at radius 2 is 1.94 bits per heavy atom. The van der Waals surface area contributed by atoms with Crippen molar-refractivity contribution >= 4 is 27.4 Å². The molecular formula is C14H12BrNO. The maximum absolute atomic E-state index is 12.3. The summed E-state index contributed by atoms with van der Waals surface area (Å²) in [5, 5.41) is 0. The average molecular weight is 290 g/mol. The lowest BCUT2D eigenvalue weighted by atomic mass is 10.0. The van der Waals surface area contributed by atoms with E-state index >= 15 is 0 Å². The van der Waals surface area contributed by atoms with Gasteiger partial charge in [-0.15, -0.1) is 0 Å². The Morgan fingerprint density at radius 1 is 1.18 bits per heavy atom. The second-order valence-electron chi connectivity index (χ2n) is 3.94. The van der Waals surface area contributed by atoms with Crippen LogP contribution in [0, 0.1) is 6.92 Å². The van der Waals surface area contributed by atoms with Gasteiger partial charge in [0.05, 0.1) is 0 Å². The second kappa shape index (κ2) is 4.72. The lowest BCUT2D eigenvalue weighted by molar-refractivity contribution is 0.103. The van der Waals surface area contributed by atoms with Crippen LogP contribution in [0.2, 0.25) is 0 Å². The first-order valence-electron chi connectivity index (χ1n) is 5.24. The van der Waals surface area contributed by atoms with Gasteiger partial charge >= 0.3 is 0 Å². The lowest BCUT2D eigenvalue weighted by Crippen LogP contribution is -2.03. The molecule has 2 N–H and O–H groups in total. The smallest absolute Gasteiger partial charge is 0.194 e. The van der Waals surface area contributed by atoms with Crippen molar-refractivity contribution in [3.63, 3.8) is 0 Å². The summed E-state index contributed by atoms with van der Waals surface area (Å²) in [4.78, 5) is 12.3. The monoisotopic (exact) mass is 289 g/mol. The minimum Gasteiger partial charge on any atom is -0.399 e. The highest BCUT2D eigenvalue weighted by atomic mass is 79.9. The van der Waals surface area contributed by atoms with Crippen LogP contribution in [0.3, 0.4) is 0 Å². The minimum atomic E-state index is -0.0205. The molecule has 3 heteroatoms. The van der Waals surface area contributed by atoms with Crippen molar-refractivity contribution in [3.8, 4) is 0 Å². The minimum absolute atomic E-state index is 0.0205. The van der Waals surface area contributed by atoms with Gasteiger partial charge in [0.25, 0.3) is 0 Å². The number of carbonyl (C=O) groups excluding carboxylic acids is 1. The van der Waals surface area contributed by atoms with Gasteiger partial charge in [0, 0.05) is 21.3 Å². The third kappa shape index (κ3) is 2.56. The van der Waals surface area contributed by atoms with Crippen molar-refractivity contribution in [2.24, 2.45) is 0 Å². The van der Waals surface area contributed by atoms with Crippen molar-refractivity contribution in [2.45, 2.75) is 6.92 Å². The van der Waals surface area contributed by atoms with Crippen LogP contribution in [0.1, 0.15) is 21.5 Å². The molecule has 0 saturated heterocycles. The molecule has 2 aromatic rings. The van der Waals surface area contributed by atoms with E-state index in [0.29, 0.717) is 16.8 Å². The number of hydrogen-bond donors (Lipinski definition) is 1. The first-order valence-corrected chi connectivity index (χ1v) is 6.03. The third-order valence-corrected chi connectivity index (χ3v) is 3.21. The Bertz CT molecular complexity index is 578. The molecule has 0 fully saturated rings. The number of carbonyl (C=O) groups is 1. The molecule has 0 aliphatic rings. The van der Waals surface area contributed by atoms with Crippen molar-refractivity contribution in [2.75, 3.05) is 5.73 Å². The summed E-state index contributed by atoms with van der Waals surface area (Å²) in [7, 11) is 0. The lowest BCUT2D eigenvalue weighted by Gasteiger charge is -2.05. The highest BCUT2D eigenvalue weighted by Crippen LogP contribution is 2.22. The molecule has 0 heterocycles. The number of nitrogens with two attached hydrogens (primary N) is 1. The fourth-order valence-electron chi connectivity index (χ4n) is 1.66. The Hall–Kier alpha value is -1.61. The molecule has 0 bridgehead atoms. The molecule has 0 amide bonds. The van der Waals surface area contributed by atoms with Gasteiger partial charge in [-0.1, -0.05) is 39.7 Å². The number of nitrogen functional groups attached to an aromatic ring is 1. The van der Waals surface area contributed by atoms with Crippen LogP contribution in [-0.4, -0.2) is 5.78 Å². The van der Waals surface area contributed by atoms with Crippen molar-refractivity contribution in [3.05, 3.63) is 63.6 Å². The van der Waals surface area contributed by atoms with Gasteiger partial charge in [-0.2, -0.15) is 0 Å². The molecule has 86 valence electrons. The van der Waals surface area contributed by atoms with Gasteiger partial charge in [-0.25, -0.2) is 0 Å². The molecule has 0 spiro atoms. The summed E-state index contributed by atoms with van der Waals surface area (Å²) >= 11 is 3.37. The Balaban J connectivity index is 2.47. The zero-order chi connectivity index (χ0) is 12.4. The largest absolute Gasteiger partial charge is 0.399 e. The van der Waals surface area contributed by atoms with Crippen LogP contribution in [0.25, 0.3) is 0 Å². The molecule has 17 heavy (non-hydrogen) atoms. The number of ketones is 1. The summed E-state index contributed by atoms with van der Waals surface area (Å²) in [6.45, 7) is 1.96. The van der Waals surface area contributed by atoms with Crippen molar-refractivity contribution in [1.29, 1.82) is 0 Å². The standard InChI is InChI=1S/C14H12BrNO/c1-9-3-2-4-10(7-9)14(17)12-8-11(16)5-6-13(12)15/h2-8H,16H2,1H3. The maximum atomic E-state index is 12.3. The predicted molar refractivity (Wildman–Crippen MR) is 73.2 cm³/mol. The normalized spacial score (nSPS) is 10.2. The Kier molecular flexibility index (Phi) is 3.29. The van der Waals surface area contributed by atoms with Gasteiger partial charge < -0.3 is 5.73 Å². The number of rotatable bonds is 2. The molecule has 0 aliphatic heterocycles. The fourth-order valence-corrected chi connectivity index (χ4v) is 2.09. The van der Waals surface area contributed by atoms with Crippen molar-refractivity contribution in [1.82, 2.24) is 0 Å². The number of hydrogen-bond acceptors (Lipinski definition) is 2. The molecular weight excluding hydrogens is 278 g/mol. The van der Waals surface area contributed by atoms with Crippen LogP contribution < -0.4 is 5.73 Å². The highest BCUT2D eigenvalue weighted by molar-refractivity contribution is 9.10. The third-order valence-electron chi connectivity index (χ3n) is 2.52. The van der Waals surface area contributed by atoms with E-state index < -0.39 is 0 Å². The second-order valence-corrected chi connectivity index (χ2v) is 4.79. The number of anilines is 1. The molecule has 2 aromatic carbocycles. The first kappa shape index (κ1) is 11.9. The van der Waals surface area contributed by atoms with E-state index in [1.165, 1.54) is 0 Å². The van der Waals surface area contributed by atoms with E-state index in [2.05, 4.69) is 15.9 Å². The van der Waals surface area contributed by atoms with Crippen LogP contribution in [-0.2, 0) is 0 Å². The quantitative estimate of drug-likeness (QED) is 0.678. The summed E-state index contributed by atoms with van der Waals surface area (Å²) < 4.78 is 0.762. The topological polar surface area (TPSA) is 43.1 Å². The summed E-state index contributed by atoms with van der Waals surface area (Å²) in [6.07, 6.45) is 0. The molecule has 0 radical (unpaired) electrons. The molecule has 0 unspecified atom stereocenters. The van der Waals surface area contributed by atoms with Crippen LogP contribution in [0.15, 0.2) is 46.9 Å². The molecule has 0 atom stereocenters. The van der Waals surface area contributed by atoms with E-state index in [1.54, 1.807) is 18.2 Å². The van der Waals surface area contributed by atoms with E-state index in [1.807, 2.05) is 31.2 Å². The summed E-state index contributed by atoms with van der Waals surface area (Å²) in [6, 6.07) is 12.8. The fraction of sp³-hybridized carbons (Fsp3) is 0.0714. The van der Waals surface area contributed by atoms with Gasteiger partial charge in [0.2, 0.25) is 0 Å². The Labute approximate surface area is 109 Å². The number of halogens is 1. The molecule has 0 aliphatic carbocycles. The summed E-state index contributed by atoms with van der Waals surface area (Å²) in [5.41, 5.74) is 8.62. The Morgan fingerprint density at radius 3 is 2.65 bits per heavy atom. The van der Waals surface area contributed by atoms with Gasteiger partial charge in [0.15, 0.2) is 5.78 Å². The van der Waals surface area contributed by atoms with E-state index in [9.17, 15) is 4.79 Å². The zero-order valence-corrected chi connectivity index (χ0v) is 11.0. The van der Waals surface area contributed by atoms with Crippen LogP contribution in [0.5, 0.6) is 0 Å². The number of benzene rings is 2. The highest BCUT2D eigenvalue weighted by Gasteiger charge is 2.12. The van der Waals surface area contributed by atoms with Gasteiger partial charge in [0.1, 0.15) is 0 Å². The van der Waals surface area contributed by atoms with Crippen molar-refractivity contribution < 1.29 is 4.79 Å². The number of aryl methyl sites for hydroxylation is 1. The van der Waals surface area contributed by atoms with E-state index in [0.717, 1.165) is 10.0 Å². The van der Waals surface area contributed by atoms with Crippen LogP contribution in [0.4, 0.5) is 5.69 Å². The van der Waals surface area contributed by atoms with E-state index in [4.69, 9.17) is 5.73 Å². The molecule has 2 nitrogen and oxygen atoms in total. The van der Waals surface area contributed by atoms with Gasteiger partial charge in [-0.05, 0) is 31.2 Å². The SMILES string of the molecule is Cc1cccc(C(=O)c2cc(N)ccc2Br)c1. The zero-order valence-electron chi connectivity index (χ0n) is 9.41. The van der Waals surface area contributed by atoms with Gasteiger partial charge in [-0.3, -0.25) is 4.79 Å².